The van der Waals surface area contributed by atoms with Gasteiger partial charge in [0.25, 0.3) is 11.8 Å². The summed E-state index contributed by atoms with van der Waals surface area (Å²) in [6, 6.07) is 17.2. The third kappa shape index (κ3) is 6.43. The highest BCUT2D eigenvalue weighted by atomic mass is 35.5. The van der Waals surface area contributed by atoms with E-state index in [9.17, 15) is 9.59 Å². The van der Waals surface area contributed by atoms with Crippen molar-refractivity contribution in [1.82, 2.24) is 15.5 Å². The average Bonchev–Trinajstić information content (AvgIpc) is 3.51. The number of furan rings is 1. The van der Waals surface area contributed by atoms with Gasteiger partial charge in [0.05, 0.1) is 6.26 Å². The lowest BCUT2D eigenvalue weighted by atomic mass is 10.1. The summed E-state index contributed by atoms with van der Waals surface area (Å²) in [6.45, 7) is 2.10. The van der Waals surface area contributed by atoms with Gasteiger partial charge in [-0.05, 0) is 67.6 Å². The van der Waals surface area contributed by atoms with E-state index in [1.807, 2.05) is 19.1 Å². The molecular formula is C24H21ClN4O4S. The van der Waals surface area contributed by atoms with Gasteiger partial charge in [-0.1, -0.05) is 22.9 Å². The number of hydrogen-bond acceptors (Lipinski definition) is 7. The molecule has 4 rings (SSSR count). The van der Waals surface area contributed by atoms with E-state index in [1.54, 1.807) is 54.8 Å². The van der Waals surface area contributed by atoms with Crippen molar-refractivity contribution >= 4 is 40.4 Å². The van der Waals surface area contributed by atoms with Crippen molar-refractivity contribution in [3.63, 3.8) is 0 Å². The SMILES string of the molecule is C[C@@H](Cc1ccco1)NC(=O)c1ccc(NC(=O)c2nnc(COc3ccc(Cl)cc3)s2)cc1. The van der Waals surface area contributed by atoms with Crippen LogP contribution in [-0.2, 0) is 13.0 Å². The Balaban J connectivity index is 1.27. The Bertz CT molecular complexity index is 1240. The highest BCUT2D eigenvalue weighted by Crippen LogP contribution is 2.19. The van der Waals surface area contributed by atoms with E-state index in [2.05, 4.69) is 20.8 Å². The molecule has 2 aromatic carbocycles. The molecule has 0 fully saturated rings. The van der Waals surface area contributed by atoms with Crippen molar-refractivity contribution in [2.45, 2.75) is 26.0 Å². The predicted octanol–water partition coefficient (Wildman–Crippen LogP) is 4.98. The van der Waals surface area contributed by atoms with E-state index in [0.29, 0.717) is 33.5 Å². The van der Waals surface area contributed by atoms with E-state index < -0.39 is 0 Å². The van der Waals surface area contributed by atoms with Gasteiger partial charge in [0.1, 0.15) is 18.1 Å². The molecule has 0 unspecified atom stereocenters. The number of hydrogen-bond donors (Lipinski definition) is 2. The van der Waals surface area contributed by atoms with Crippen LogP contribution in [0.1, 0.15) is 37.9 Å². The fourth-order valence-corrected chi connectivity index (χ4v) is 3.83. The van der Waals surface area contributed by atoms with Crippen LogP contribution in [0.2, 0.25) is 5.02 Å². The quantitative estimate of drug-likeness (QED) is 0.338. The van der Waals surface area contributed by atoms with Gasteiger partial charge in [0.2, 0.25) is 5.01 Å². The number of aromatic nitrogens is 2. The summed E-state index contributed by atoms with van der Waals surface area (Å²) in [5.74, 6) is 0.859. The summed E-state index contributed by atoms with van der Waals surface area (Å²) in [5.41, 5.74) is 1.03. The topological polar surface area (TPSA) is 106 Å². The van der Waals surface area contributed by atoms with Gasteiger partial charge in [-0.15, -0.1) is 10.2 Å². The Kier molecular flexibility index (Phi) is 7.56. The number of benzene rings is 2. The maximum absolute atomic E-state index is 12.5. The molecule has 0 saturated heterocycles. The van der Waals surface area contributed by atoms with Crippen molar-refractivity contribution < 1.29 is 18.7 Å². The average molecular weight is 497 g/mol. The molecule has 2 heterocycles. The Morgan fingerprint density at radius 1 is 1.06 bits per heavy atom. The molecule has 0 radical (unpaired) electrons. The first-order valence-electron chi connectivity index (χ1n) is 10.4. The number of carbonyl (C=O) groups excluding carboxylic acids is 2. The maximum atomic E-state index is 12.5. The van der Waals surface area contributed by atoms with Gasteiger partial charge < -0.3 is 19.8 Å². The second-order valence-corrected chi connectivity index (χ2v) is 8.93. The van der Waals surface area contributed by atoms with Gasteiger partial charge >= 0.3 is 0 Å². The van der Waals surface area contributed by atoms with Gasteiger partial charge in [0.15, 0.2) is 5.01 Å². The fourth-order valence-electron chi connectivity index (χ4n) is 3.06. The lowest BCUT2D eigenvalue weighted by Crippen LogP contribution is -2.33. The van der Waals surface area contributed by atoms with Crippen LogP contribution < -0.4 is 15.4 Å². The Morgan fingerprint density at radius 3 is 2.53 bits per heavy atom. The number of amides is 2. The zero-order valence-corrected chi connectivity index (χ0v) is 19.7. The monoisotopic (exact) mass is 496 g/mol. The normalized spacial score (nSPS) is 11.6. The van der Waals surface area contributed by atoms with Crippen LogP contribution >= 0.6 is 22.9 Å². The van der Waals surface area contributed by atoms with E-state index in [-0.39, 0.29) is 29.5 Å². The molecule has 0 bridgehead atoms. The molecule has 0 aliphatic heterocycles. The summed E-state index contributed by atoms with van der Waals surface area (Å²) in [5, 5.41) is 15.0. The van der Waals surface area contributed by atoms with E-state index in [1.165, 1.54) is 0 Å². The standard InChI is InChI=1S/C24H21ClN4O4S/c1-15(13-20-3-2-12-32-20)26-22(30)16-4-8-18(9-5-16)27-23(31)24-29-28-21(34-24)14-33-19-10-6-17(25)7-11-19/h2-12,15H,13-14H2,1H3,(H,26,30)(H,27,31)/t15-/m0/s1. The smallest absolute Gasteiger partial charge is 0.286 e. The van der Waals surface area contributed by atoms with Crippen LogP contribution in [0.15, 0.2) is 71.3 Å². The second-order valence-electron chi connectivity index (χ2n) is 7.43. The summed E-state index contributed by atoms with van der Waals surface area (Å²) in [4.78, 5) is 25.0. The highest BCUT2D eigenvalue weighted by Gasteiger charge is 2.15. The molecule has 10 heteroatoms. The number of anilines is 1. The summed E-state index contributed by atoms with van der Waals surface area (Å²) in [6.07, 6.45) is 2.20. The fraction of sp³-hybridized carbons (Fsp3) is 0.167. The van der Waals surface area contributed by atoms with Crippen molar-refractivity contribution in [3.8, 4) is 5.75 Å². The number of halogens is 1. The molecule has 8 nitrogen and oxygen atoms in total. The Morgan fingerprint density at radius 2 is 1.82 bits per heavy atom. The number of ether oxygens (including phenoxy) is 1. The zero-order chi connectivity index (χ0) is 23.9. The minimum atomic E-state index is -0.389. The highest BCUT2D eigenvalue weighted by molar-refractivity contribution is 7.13. The number of nitrogens with one attached hydrogen (secondary N) is 2. The first-order valence-corrected chi connectivity index (χ1v) is 11.6. The minimum Gasteiger partial charge on any atom is -0.486 e. The van der Waals surface area contributed by atoms with E-state index >= 15 is 0 Å². The van der Waals surface area contributed by atoms with Crippen molar-refractivity contribution in [2.24, 2.45) is 0 Å². The van der Waals surface area contributed by atoms with Gasteiger partial charge in [-0.3, -0.25) is 9.59 Å². The largest absolute Gasteiger partial charge is 0.486 e. The molecule has 174 valence electrons. The van der Waals surface area contributed by atoms with Crippen molar-refractivity contribution in [1.29, 1.82) is 0 Å². The molecule has 34 heavy (non-hydrogen) atoms. The number of rotatable bonds is 9. The third-order valence-corrected chi connectivity index (χ3v) is 5.85. The number of nitrogens with zero attached hydrogens (tertiary/aromatic N) is 2. The molecule has 4 aromatic rings. The molecule has 2 amide bonds. The summed E-state index contributed by atoms with van der Waals surface area (Å²) >= 11 is 7.00. The van der Waals surface area contributed by atoms with E-state index in [4.69, 9.17) is 20.8 Å². The van der Waals surface area contributed by atoms with Crippen LogP contribution in [0, 0.1) is 0 Å². The van der Waals surface area contributed by atoms with Crippen LogP contribution in [-0.4, -0.2) is 28.1 Å². The molecular weight excluding hydrogens is 476 g/mol. The summed E-state index contributed by atoms with van der Waals surface area (Å²) < 4.78 is 10.9. The predicted molar refractivity (Wildman–Crippen MR) is 129 cm³/mol. The van der Waals surface area contributed by atoms with Gasteiger partial charge in [0, 0.05) is 28.7 Å². The molecule has 2 aromatic heterocycles. The van der Waals surface area contributed by atoms with Gasteiger partial charge in [-0.2, -0.15) is 0 Å². The lowest BCUT2D eigenvalue weighted by molar-refractivity contribution is 0.0938. The van der Waals surface area contributed by atoms with Gasteiger partial charge in [-0.25, -0.2) is 0 Å². The minimum absolute atomic E-state index is 0.0895. The summed E-state index contributed by atoms with van der Waals surface area (Å²) in [7, 11) is 0. The van der Waals surface area contributed by atoms with Crippen molar-refractivity contribution in [2.75, 3.05) is 5.32 Å². The van der Waals surface area contributed by atoms with E-state index in [0.717, 1.165) is 17.1 Å². The van der Waals surface area contributed by atoms with Crippen LogP contribution in [0.4, 0.5) is 5.69 Å². The molecule has 0 aliphatic rings. The first-order chi connectivity index (χ1) is 16.5. The van der Waals surface area contributed by atoms with Crippen LogP contribution in [0.25, 0.3) is 0 Å². The maximum Gasteiger partial charge on any atom is 0.286 e. The third-order valence-electron chi connectivity index (χ3n) is 4.71. The zero-order valence-electron chi connectivity index (χ0n) is 18.2. The molecule has 0 spiro atoms. The van der Waals surface area contributed by atoms with Crippen LogP contribution in [0.5, 0.6) is 5.75 Å². The first kappa shape index (κ1) is 23.5. The second kappa shape index (κ2) is 11.0. The molecule has 1 atom stereocenters. The van der Waals surface area contributed by atoms with Crippen molar-refractivity contribution in [3.05, 3.63) is 93.3 Å². The number of carbonyl (C=O) groups is 2. The lowest BCUT2D eigenvalue weighted by Gasteiger charge is -2.13. The Hall–Kier alpha value is -3.69. The molecule has 0 aliphatic carbocycles. The van der Waals surface area contributed by atoms with Crippen LogP contribution in [0.3, 0.4) is 0 Å². The Labute approximate surface area is 204 Å². The molecule has 0 saturated carbocycles. The molecule has 2 N–H and O–H groups in total.